The van der Waals surface area contributed by atoms with Crippen molar-refractivity contribution in [3.8, 4) is 11.3 Å². The Morgan fingerprint density at radius 1 is 0.738 bits per heavy atom. The Bertz CT molecular complexity index is 1550. The fourth-order valence-corrected chi connectivity index (χ4v) is 6.63. The molecule has 0 bridgehead atoms. The Balaban J connectivity index is 1.57. The number of halogens is 1. The summed E-state index contributed by atoms with van der Waals surface area (Å²) < 4.78 is 64.3. The van der Waals surface area contributed by atoms with Crippen LogP contribution in [0.15, 0.2) is 64.6 Å². The van der Waals surface area contributed by atoms with Gasteiger partial charge in [-0.2, -0.15) is 13.5 Å². The van der Waals surface area contributed by atoms with Crippen LogP contribution in [0.4, 0.5) is 3.89 Å². The molecule has 0 atom stereocenters. The number of rotatable bonds is 19. The minimum Gasteiger partial charge on any atom is -0.344 e. The predicted octanol–water partition coefficient (Wildman–Crippen LogP) is 7.72. The second-order valence-electron chi connectivity index (χ2n) is 11.1. The highest BCUT2D eigenvalue weighted by Gasteiger charge is 2.16. The van der Waals surface area contributed by atoms with Crippen LogP contribution in [0, 0.1) is 0 Å². The molecular formula is C32H46FN3O4S2. The highest BCUT2D eigenvalue weighted by atomic mass is 32.3. The van der Waals surface area contributed by atoms with Crippen molar-refractivity contribution < 1.29 is 20.7 Å². The lowest BCUT2D eigenvalue weighted by Gasteiger charge is -2.14. The van der Waals surface area contributed by atoms with Crippen molar-refractivity contribution >= 4 is 31.1 Å². The van der Waals surface area contributed by atoms with E-state index < -0.39 is 25.1 Å². The lowest BCUT2D eigenvalue weighted by Crippen LogP contribution is -2.25. The molecule has 0 amide bonds. The fraction of sp³-hybridized carbons (Fsp3) is 0.531. The van der Waals surface area contributed by atoms with Gasteiger partial charge < -0.3 is 4.57 Å². The number of aryl methyl sites for hydroxylation is 1. The van der Waals surface area contributed by atoms with Crippen LogP contribution in [0.2, 0.25) is 0 Å². The highest BCUT2D eigenvalue weighted by Crippen LogP contribution is 2.24. The Morgan fingerprint density at radius 3 is 1.83 bits per heavy atom. The SMILES string of the molecule is CCCCCCCCCCCCCCCCS(=O)(=O)NN=c1cc(-c2ccccc2)n(C)c2ccc(S(=O)(=O)F)cc12. The van der Waals surface area contributed by atoms with E-state index in [1.165, 1.54) is 82.4 Å². The van der Waals surface area contributed by atoms with E-state index in [2.05, 4.69) is 16.9 Å². The number of nitrogens with zero attached hydrogens (tertiary/aromatic N) is 2. The first-order chi connectivity index (χ1) is 20.1. The van der Waals surface area contributed by atoms with Crippen molar-refractivity contribution in [1.29, 1.82) is 0 Å². The number of benzene rings is 2. The summed E-state index contributed by atoms with van der Waals surface area (Å²) in [5.41, 5.74) is 2.18. The predicted molar refractivity (Wildman–Crippen MR) is 169 cm³/mol. The molecule has 1 aromatic heterocycles. The standard InChI is InChI=1S/C32H46FN3O4S2/c1-3-4-5-6-7-8-9-10-11-12-13-14-15-19-24-41(37,38)35-34-30-26-32(27-20-17-16-18-21-27)36(2)31-23-22-28(25-29(30)31)42(33,39)40/h16-18,20-23,25-26,35H,3-15,19,24H2,1-2H3. The number of pyridine rings is 1. The summed E-state index contributed by atoms with van der Waals surface area (Å²) in [6.07, 6.45) is 16.6. The zero-order valence-corrected chi connectivity index (χ0v) is 26.7. The van der Waals surface area contributed by atoms with Crippen molar-refractivity contribution in [2.75, 3.05) is 5.75 Å². The lowest BCUT2D eigenvalue weighted by atomic mass is 10.0. The van der Waals surface area contributed by atoms with E-state index in [0.29, 0.717) is 17.3 Å². The summed E-state index contributed by atoms with van der Waals surface area (Å²) in [5.74, 6) is -0.0529. The summed E-state index contributed by atoms with van der Waals surface area (Å²) in [4.78, 5) is 1.81. The van der Waals surface area contributed by atoms with E-state index in [9.17, 15) is 20.7 Å². The molecule has 3 rings (SSSR count). The van der Waals surface area contributed by atoms with Crippen LogP contribution in [0.3, 0.4) is 0 Å². The molecule has 42 heavy (non-hydrogen) atoms. The quantitative estimate of drug-likeness (QED) is 0.0844. The van der Waals surface area contributed by atoms with Gasteiger partial charge in [0.2, 0.25) is 10.0 Å². The molecule has 7 nitrogen and oxygen atoms in total. The van der Waals surface area contributed by atoms with E-state index in [0.717, 1.165) is 30.5 Å². The van der Waals surface area contributed by atoms with Gasteiger partial charge in [0.25, 0.3) is 0 Å². The molecule has 0 fully saturated rings. The molecule has 1 heterocycles. The molecule has 0 saturated heterocycles. The molecule has 0 saturated carbocycles. The van der Waals surface area contributed by atoms with Gasteiger partial charge in [0.05, 0.1) is 27.2 Å². The Morgan fingerprint density at radius 2 is 1.29 bits per heavy atom. The van der Waals surface area contributed by atoms with Gasteiger partial charge in [0.1, 0.15) is 0 Å². The Kier molecular flexibility index (Phi) is 13.5. The summed E-state index contributed by atoms with van der Waals surface area (Å²) in [5, 5.41) is 4.69. The van der Waals surface area contributed by atoms with Gasteiger partial charge in [-0.1, -0.05) is 121 Å². The monoisotopic (exact) mass is 619 g/mol. The van der Waals surface area contributed by atoms with Crippen LogP contribution in [-0.4, -0.2) is 27.2 Å². The summed E-state index contributed by atoms with van der Waals surface area (Å²) in [6.45, 7) is 2.24. The molecule has 0 aliphatic rings. The van der Waals surface area contributed by atoms with Crippen LogP contribution in [0.1, 0.15) is 96.8 Å². The van der Waals surface area contributed by atoms with Gasteiger partial charge >= 0.3 is 10.2 Å². The zero-order chi connectivity index (χ0) is 30.4. The minimum atomic E-state index is -4.95. The van der Waals surface area contributed by atoms with Gasteiger partial charge in [-0.15, -0.1) is 3.89 Å². The van der Waals surface area contributed by atoms with Gasteiger partial charge in [-0.3, -0.25) is 0 Å². The first-order valence-corrected chi connectivity index (χ1v) is 18.3. The Hall–Kier alpha value is -2.72. The first kappa shape index (κ1) is 33.8. The van der Waals surface area contributed by atoms with Crippen molar-refractivity contribution in [2.45, 2.75) is 102 Å². The molecule has 0 spiro atoms. The topological polar surface area (TPSA) is 97.6 Å². The average Bonchev–Trinajstić information content (AvgIpc) is 2.97. The van der Waals surface area contributed by atoms with E-state index in [1.807, 2.05) is 34.9 Å². The molecule has 0 radical (unpaired) electrons. The van der Waals surface area contributed by atoms with Crippen LogP contribution in [-0.2, 0) is 27.3 Å². The van der Waals surface area contributed by atoms with E-state index in [4.69, 9.17) is 0 Å². The molecule has 0 unspecified atom stereocenters. The first-order valence-electron chi connectivity index (χ1n) is 15.3. The second-order valence-corrected chi connectivity index (χ2v) is 14.2. The molecule has 0 aliphatic heterocycles. The van der Waals surface area contributed by atoms with Crippen LogP contribution in [0.25, 0.3) is 22.2 Å². The number of unbranched alkanes of at least 4 members (excludes halogenated alkanes) is 13. The number of hydrogen-bond donors (Lipinski definition) is 1. The number of hydrogen-bond acceptors (Lipinski definition) is 5. The molecule has 1 N–H and O–H groups in total. The van der Waals surface area contributed by atoms with Gasteiger partial charge in [0, 0.05) is 12.4 Å². The van der Waals surface area contributed by atoms with Gasteiger partial charge in [-0.25, -0.2) is 13.2 Å². The summed E-state index contributed by atoms with van der Waals surface area (Å²) >= 11 is 0. The van der Waals surface area contributed by atoms with Crippen LogP contribution >= 0.6 is 0 Å². The van der Waals surface area contributed by atoms with Gasteiger partial charge in [-0.05, 0) is 36.2 Å². The zero-order valence-electron chi connectivity index (χ0n) is 25.0. The minimum absolute atomic E-state index is 0.0529. The maximum Gasteiger partial charge on any atom is 0.332 e. The maximum atomic E-state index is 13.8. The number of fused-ring (bicyclic) bond motifs is 1. The van der Waals surface area contributed by atoms with Crippen molar-refractivity contribution in [1.82, 2.24) is 9.40 Å². The molecule has 2 aromatic carbocycles. The largest absolute Gasteiger partial charge is 0.344 e. The number of aromatic nitrogens is 1. The third kappa shape index (κ3) is 10.8. The summed E-state index contributed by atoms with van der Waals surface area (Å²) in [7, 11) is -6.85. The number of nitrogens with one attached hydrogen (secondary N) is 1. The smallest absolute Gasteiger partial charge is 0.332 e. The van der Waals surface area contributed by atoms with E-state index >= 15 is 0 Å². The fourth-order valence-electron chi connectivity index (χ4n) is 5.23. The molecule has 232 valence electrons. The average molecular weight is 620 g/mol. The van der Waals surface area contributed by atoms with Crippen LogP contribution < -0.4 is 10.2 Å². The second kappa shape index (κ2) is 16.8. The maximum absolute atomic E-state index is 13.8. The molecule has 3 aromatic rings. The highest BCUT2D eigenvalue weighted by molar-refractivity contribution is 7.89. The van der Waals surface area contributed by atoms with Gasteiger partial charge in [0.15, 0.2) is 0 Å². The van der Waals surface area contributed by atoms with E-state index in [-0.39, 0.29) is 11.1 Å². The molecular weight excluding hydrogens is 574 g/mol. The van der Waals surface area contributed by atoms with Crippen molar-refractivity contribution in [3.63, 3.8) is 0 Å². The third-order valence-electron chi connectivity index (χ3n) is 7.66. The van der Waals surface area contributed by atoms with Crippen molar-refractivity contribution in [2.24, 2.45) is 12.1 Å². The third-order valence-corrected chi connectivity index (χ3v) is 9.68. The molecule has 10 heteroatoms. The van der Waals surface area contributed by atoms with Crippen LogP contribution in [0.5, 0.6) is 0 Å². The summed E-state index contributed by atoms with van der Waals surface area (Å²) in [6, 6.07) is 15.0. The lowest BCUT2D eigenvalue weighted by molar-refractivity contribution is 0.536. The molecule has 0 aliphatic carbocycles. The normalized spacial score (nSPS) is 12.7. The number of sulfonamides is 1. The van der Waals surface area contributed by atoms with E-state index in [1.54, 1.807) is 13.1 Å². The van der Waals surface area contributed by atoms with Crippen molar-refractivity contribution in [3.05, 3.63) is 60.0 Å². The Labute approximate surface area is 251 Å².